The Morgan fingerprint density at radius 1 is 1.16 bits per heavy atom. The lowest BCUT2D eigenvalue weighted by Gasteiger charge is -2.22. The number of unbranched alkanes of at least 4 members (excludes halogenated alkanes) is 1. The second-order valence-corrected chi connectivity index (χ2v) is 6.98. The molecule has 2 heteroatoms. The molecule has 0 fully saturated rings. The summed E-state index contributed by atoms with van der Waals surface area (Å²) in [5.74, 6) is 0. The standard InChI is InChI=1S/C17H28ClN/c1-6-7-12-19(5)13-16(18)14-8-10-15(11-9-14)17(2,3)4/h8-11,16H,6-7,12-13H2,1-5H3. The third-order valence-corrected chi connectivity index (χ3v) is 3.89. The zero-order valence-corrected chi connectivity index (χ0v) is 13.8. The van der Waals surface area contributed by atoms with Gasteiger partial charge in [0.15, 0.2) is 0 Å². The quantitative estimate of drug-likeness (QED) is 0.664. The summed E-state index contributed by atoms with van der Waals surface area (Å²) < 4.78 is 0. The molecule has 1 atom stereocenters. The molecular formula is C17H28ClN. The van der Waals surface area contributed by atoms with Crippen molar-refractivity contribution in [3.63, 3.8) is 0 Å². The molecule has 0 aromatic heterocycles. The van der Waals surface area contributed by atoms with Gasteiger partial charge in [-0.25, -0.2) is 0 Å². The van der Waals surface area contributed by atoms with Gasteiger partial charge in [0.2, 0.25) is 0 Å². The average Bonchev–Trinajstić information content (AvgIpc) is 2.35. The Morgan fingerprint density at radius 2 is 1.74 bits per heavy atom. The van der Waals surface area contributed by atoms with Crippen LogP contribution in [0.4, 0.5) is 0 Å². The van der Waals surface area contributed by atoms with Crippen molar-refractivity contribution in [1.29, 1.82) is 0 Å². The van der Waals surface area contributed by atoms with Crippen molar-refractivity contribution < 1.29 is 0 Å². The van der Waals surface area contributed by atoms with Gasteiger partial charge in [-0.2, -0.15) is 0 Å². The monoisotopic (exact) mass is 281 g/mol. The van der Waals surface area contributed by atoms with Crippen molar-refractivity contribution >= 4 is 11.6 Å². The summed E-state index contributed by atoms with van der Waals surface area (Å²) in [5, 5.41) is 0.0795. The van der Waals surface area contributed by atoms with Crippen LogP contribution in [0.5, 0.6) is 0 Å². The Kier molecular flexibility index (Phi) is 6.35. The van der Waals surface area contributed by atoms with Crippen LogP contribution < -0.4 is 0 Å². The van der Waals surface area contributed by atoms with Gasteiger partial charge in [0, 0.05) is 6.54 Å². The van der Waals surface area contributed by atoms with E-state index in [9.17, 15) is 0 Å². The van der Waals surface area contributed by atoms with Crippen LogP contribution in [-0.2, 0) is 5.41 Å². The fourth-order valence-electron chi connectivity index (χ4n) is 2.09. The predicted octanol–water partition coefficient (Wildman–Crippen LogP) is 5.00. The van der Waals surface area contributed by atoms with Crippen LogP contribution in [0.2, 0.25) is 0 Å². The Bertz CT molecular complexity index is 364. The summed E-state index contributed by atoms with van der Waals surface area (Å²) in [6.45, 7) is 11.0. The molecule has 0 aliphatic heterocycles. The Balaban J connectivity index is 2.60. The highest BCUT2D eigenvalue weighted by molar-refractivity contribution is 6.21. The molecule has 1 rings (SSSR count). The number of rotatable bonds is 6. The molecule has 0 aliphatic carbocycles. The molecule has 0 aliphatic rings. The van der Waals surface area contributed by atoms with Gasteiger partial charge >= 0.3 is 0 Å². The third kappa shape index (κ3) is 5.54. The number of likely N-dealkylation sites (N-methyl/N-ethyl adjacent to an activating group) is 1. The molecule has 0 spiro atoms. The third-order valence-electron chi connectivity index (χ3n) is 3.50. The van der Waals surface area contributed by atoms with E-state index in [0.29, 0.717) is 0 Å². The lowest BCUT2D eigenvalue weighted by atomic mass is 9.86. The van der Waals surface area contributed by atoms with Gasteiger partial charge in [0.1, 0.15) is 0 Å². The number of nitrogens with zero attached hydrogens (tertiary/aromatic N) is 1. The van der Waals surface area contributed by atoms with E-state index in [1.807, 2.05) is 0 Å². The molecule has 19 heavy (non-hydrogen) atoms. The van der Waals surface area contributed by atoms with Gasteiger partial charge < -0.3 is 4.90 Å². The summed E-state index contributed by atoms with van der Waals surface area (Å²) in [6.07, 6.45) is 2.47. The van der Waals surface area contributed by atoms with Crippen LogP contribution in [0, 0.1) is 0 Å². The summed E-state index contributed by atoms with van der Waals surface area (Å²) >= 11 is 6.50. The number of halogens is 1. The minimum Gasteiger partial charge on any atom is -0.305 e. The maximum atomic E-state index is 6.50. The first kappa shape index (κ1) is 16.5. The SMILES string of the molecule is CCCCN(C)CC(Cl)c1ccc(C(C)(C)C)cc1. The van der Waals surface area contributed by atoms with Gasteiger partial charge in [0.25, 0.3) is 0 Å². The summed E-state index contributed by atoms with van der Waals surface area (Å²) in [6, 6.07) is 8.76. The van der Waals surface area contributed by atoms with E-state index in [4.69, 9.17) is 11.6 Å². The van der Waals surface area contributed by atoms with Gasteiger partial charge in [-0.15, -0.1) is 11.6 Å². The van der Waals surface area contributed by atoms with Crippen molar-refractivity contribution in [3.05, 3.63) is 35.4 Å². The maximum Gasteiger partial charge on any atom is 0.0712 e. The molecule has 0 bridgehead atoms. The fourth-order valence-corrected chi connectivity index (χ4v) is 2.47. The van der Waals surface area contributed by atoms with E-state index in [2.05, 4.69) is 63.9 Å². The molecule has 108 valence electrons. The van der Waals surface area contributed by atoms with E-state index < -0.39 is 0 Å². The Hall–Kier alpha value is -0.530. The highest BCUT2D eigenvalue weighted by Gasteiger charge is 2.15. The molecule has 1 aromatic carbocycles. The highest BCUT2D eigenvalue weighted by Crippen LogP contribution is 2.26. The van der Waals surface area contributed by atoms with E-state index in [1.165, 1.54) is 24.0 Å². The minimum atomic E-state index is 0.0795. The van der Waals surface area contributed by atoms with Gasteiger partial charge in [-0.3, -0.25) is 0 Å². The molecule has 1 nitrogen and oxygen atoms in total. The number of alkyl halides is 1. The van der Waals surface area contributed by atoms with Crippen molar-refractivity contribution in [1.82, 2.24) is 4.90 Å². The molecular weight excluding hydrogens is 254 g/mol. The van der Waals surface area contributed by atoms with Crippen LogP contribution >= 0.6 is 11.6 Å². The van der Waals surface area contributed by atoms with E-state index in [-0.39, 0.29) is 10.8 Å². The Morgan fingerprint density at radius 3 is 2.21 bits per heavy atom. The molecule has 0 saturated heterocycles. The highest BCUT2D eigenvalue weighted by atomic mass is 35.5. The van der Waals surface area contributed by atoms with E-state index in [0.717, 1.165) is 13.1 Å². The predicted molar refractivity (Wildman–Crippen MR) is 86.1 cm³/mol. The topological polar surface area (TPSA) is 3.24 Å². The van der Waals surface area contributed by atoms with Crippen LogP contribution in [0.25, 0.3) is 0 Å². The average molecular weight is 282 g/mol. The van der Waals surface area contributed by atoms with Crippen molar-refractivity contribution in [2.24, 2.45) is 0 Å². The molecule has 0 heterocycles. The molecule has 0 N–H and O–H groups in total. The van der Waals surface area contributed by atoms with Gasteiger partial charge in [0.05, 0.1) is 5.38 Å². The second kappa shape index (κ2) is 7.31. The van der Waals surface area contributed by atoms with Gasteiger partial charge in [-0.05, 0) is 36.6 Å². The van der Waals surface area contributed by atoms with Crippen molar-refractivity contribution in [2.45, 2.75) is 51.3 Å². The zero-order valence-electron chi connectivity index (χ0n) is 13.0. The number of hydrogen-bond donors (Lipinski definition) is 0. The maximum absolute atomic E-state index is 6.50. The molecule has 0 amide bonds. The lowest BCUT2D eigenvalue weighted by molar-refractivity contribution is 0.328. The van der Waals surface area contributed by atoms with Crippen LogP contribution in [0.1, 0.15) is 57.0 Å². The number of hydrogen-bond acceptors (Lipinski definition) is 1. The largest absolute Gasteiger partial charge is 0.305 e. The first-order valence-corrected chi connectivity index (χ1v) is 7.71. The van der Waals surface area contributed by atoms with Crippen LogP contribution in [-0.4, -0.2) is 25.0 Å². The number of benzene rings is 1. The molecule has 0 radical (unpaired) electrons. The Labute approximate surface area is 124 Å². The molecule has 1 aromatic rings. The molecule has 0 saturated carbocycles. The van der Waals surface area contributed by atoms with E-state index >= 15 is 0 Å². The minimum absolute atomic E-state index is 0.0795. The molecule has 1 unspecified atom stereocenters. The van der Waals surface area contributed by atoms with Crippen LogP contribution in [0.15, 0.2) is 24.3 Å². The summed E-state index contributed by atoms with van der Waals surface area (Å²) in [7, 11) is 2.15. The summed E-state index contributed by atoms with van der Waals surface area (Å²) in [5.41, 5.74) is 2.79. The lowest BCUT2D eigenvalue weighted by Crippen LogP contribution is -2.23. The van der Waals surface area contributed by atoms with Crippen molar-refractivity contribution in [3.8, 4) is 0 Å². The van der Waals surface area contributed by atoms with Crippen LogP contribution in [0.3, 0.4) is 0 Å². The first-order chi connectivity index (χ1) is 8.84. The summed E-state index contributed by atoms with van der Waals surface area (Å²) in [4.78, 5) is 2.32. The second-order valence-electron chi connectivity index (χ2n) is 6.46. The normalized spacial score (nSPS) is 13.8. The zero-order chi connectivity index (χ0) is 14.5. The first-order valence-electron chi connectivity index (χ1n) is 7.27. The van der Waals surface area contributed by atoms with Gasteiger partial charge in [-0.1, -0.05) is 58.4 Å². The van der Waals surface area contributed by atoms with Crippen molar-refractivity contribution in [2.75, 3.05) is 20.1 Å². The smallest absolute Gasteiger partial charge is 0.0712 e. The fraction of sp³-hybridized carbons (Fsp3) is 0.647. The van der Waals surface area contributed by atoms with E-state index in [1.54, 1.807) is 0 Å².